The number of pyridine rings is 1. The molecule has 0 aliphatic rings. The lowest BCUT2D eigenvalue weighted by Crippen LogP contribution is -2.08. The molecule has 1 aromatic carbocycles. The molecule has 0 atom stereocenters. The molecule has 0 saturated carbocycles. The molecule has 0 aliphatic heterocycles. The number of hydrogen-bond donors (Lipinski definition) is 2. The fourth-order valence-electron chi connectivity index (χ4n) is 1.84. The Hall–Kier alpha value is -1.03. The van der Waals surface area contributed by atoms with Crippen molar-refractivity contribution in [1.82, 2.24) is 4.98 Å². The van der Waals surface area contributed by atoms with Gasteiger partial charge in [-0.2, -0.15) is 0 Å². The first-order valence-corrected chi connectivity index (χ1v) is 6.16. The summed E-state index contributed by atoms with van der Waals surface area (Å²) in [5.41, 5.74) is 5.18. The Balaban J connectivity index is 2.73. The monoisotopic (exact) mass is 269 g/mol. The number of halogens is 2. The molecule has 0 fully saturated rings. The van der Waals surface area contributed by atoms with Crippen molar-refractivity contribution in [2.45, 2.75) is 19.8 Å². The molecule has 17 heavy (non-hydrogen) atoms. The van der Waals surface area contributed by atoms with Gasteiger partial charge in [-0.25, -0.2) is 0 Å². The first-order chi connectivity index (χ1) is 8.15. The summed E-state index contributed by atoms with van der Waals surface area (Å²) < 4.78 is 0. The fourth-order valence-corrected chi connectivity index (χ4v) is 2.42. The van der Waals surface area contributed by atoms with Crippen LogP contribution in [-0.2, 0) is 6.42 Å². The van der Waals surface area contributed by atoms with Crippen LogP contribution in [0.5, 0.6) is 0 Å². The highest BCUT2D eigenvalue weighted by atomic mass is 35.5. The minimum Gasteiger partial charge on any atom is -0.323 e. The van der Waals surface area contributed by atoms with Crippen LogP contribution in [0.4, 0.5) is 5.69 Å². The Morgan fingerprint density at radius 1 is 1.29 bits per heavy atom. The maximum Gasteiger partial charge on any atom is 0.0756 e. The minimum atomic E-state index is 0.552. The van der Waals surface area contributed by atoms with Gasteiger partial charge < -0.3 is 5.43 Å². The Morgan fingerprint density at radius 3 is 2.71 bits per heavy atom. The van der Waals surface area contributed by atoms with E-state index in [2.05, 4.69) is 17.3 Å². The van der Waals surface area contributed by atoms with Crippen LogP contribution in [0.2, 0.25) is 10.0 Å². The summed E-state index contributed by atoms with van der Waals surface area (Å²) in [6.07, 6.45) is 1.92. The molecule has 0 amide bonds. The number of rotatable bonds is 3. The van der Waals surface area contributed by atoms with Crippen LogP contribution < -0.4 is 11.3 Å². The summed E-state index contributed by atoms with van der Waals surface area (Å²) in [5.74, 6) is 5.52. The molecule has 0 saturated heterocycles. The maximum atomic E-state index is 6.16. The van der Waals surface area contributed by atoms with Crippen LogP contribution >= 0.6 is 23.2 Å². The van der Waals surface area contributed by atoms with Crippen LogP contribution in [-0.4, -0.2) is 4.98 Å². The van der Waals surface area contributed by atoms with Crippen LogP contribution in [0, 0.1) is 0 Å². The number of nitrogens with one attached hydrogen (secondary N) is 1. The zero-order chi connectivity index (χ0) is 12.4. The molecule has 2 rings (SSSR count). The number of aromatic nitrogens is 1. The summed E-state index contributed by atoms with van der Waals surface area (Å²) in [7, 11) is 0. The second-order valence-electron chi connectivity index (χ2n) is 3.84. The highest BCUT2D eigenvalue weighted by Crippen LogP contribution is 2.32. The predicted molar refractivity (Wildman–Crippen MR) is 73.6 cm³/mol. The molecule has 1 aromatic heterocycles. The van der Waals surface area contributed by atoms with Crippen molar-refractivity contribution in [2.24, 2.45) is 5.84 Å². The smallest absolute Gasteiger partial charge is 0.0756 e. The van der Waals surface area contributed by atoms with E-state index >= 15 is 0 Å². The Morgan fingerprint density at radius 2 is 2.06 bits per heavy atom. The third-order valence-electron chi connectivity index (χ3n) is 2.54. The van der Waals surface area contributed by atoms with E-state index in [1.54, 1.807) is 12.1 Å². The maximum absolute atomic E-state index is 6.16. The van der Waals surface area contributed by atoms with Crippen LogP contribution in [0.25, 0.3) is 10.9 Å². The van der Waals surface area contributed by atoms with Crippen molar-refractivity contribution in [2.75, 3.05) is 5.43 Å². The van der Waals surface area contributed by atoms with Crippen LogP contribution in [0.3, 0.4) is 0 Å². The molecule has 0 spiro atoms. The molecule has 0 bridgehead atoms. The average Bonchev–Trinajstić information content (AvgIpc) is 2.27. The first-order valence-electron chi connectivity index (χ1n) is 5.41. The zero-order valence-corrected chi connectivity index (χ0v) is 10.9. The number of aryl methyl sites for hydroxylation is 1. The van der Waals surface area contributed by atoms with Gasteiger partial charge in [0.1, 0.15) is 0 Å². The highest BCUT2D eigenvalue weighted by molar-refractivity contribution is 6.39. The van der Waals surface area contributed by atoms with Crippen molar-refractivity contribution in [3.8, 4) is 0 Å². The van der Waals surface area contributed by atoms with E-state index in [1.807, 2.05) is 6.07 Å². The van der Waals surface area contributed by atoms with Gasteiger partial charge in [0.05, 0.1) is 16.2 Å². The number of hydrogen-bond acceptors (Lipinski definition) is 3. The predicted octanol–water partition coefficient (Wildman–Crippen LogP) is 3.78. The van der Waals surface area contributed by atoms with Gasteiger partial charge in [0.2, 0.25) is 0 Å². The Bertz CT molecular complexity index is 555. The standard InChI is InChI=1S/C12H13Cl2N3/c1-2-3-8-6-11(17-15)12-9(14)4-7(13)5-10(12)16-8/h4-6H,2-3,15H2,1H3,(H,16,17). The van der Waals surface area contributed by atoms with E-state index in [0.717, 1.165) is 35.1 Å². The molecule has 3 N–H and O–H groups in total. The number of benzene rings is 1. The average molecular weight is 270 g/mol. The van der Waals surface area contributed by atoms with E-state index in [-0.39, 0.29) is 0 Å². The van der Waals surface area contributed by atoms with Gasteiger partial charge >= 0.3 is 0 Å². The minimum absolute atomic E-state index is 0.552. The van der Waals surface area contributed by atoms with Crippen molar-refractivity contribution in [1.29, 1.82) is 0 Å². The van der Waals surface area contributed by atoms with Gasteiger partial charge in [-0.1, -0.05) is 36.5 Å². The largest absolute Gasteiger partial charge is 0.323 e. The molecule has 0 aliphatic carbocycles. The zero-order valence-electron chi connectivity index (χ0n) is 9.43. The number of hydrazine groups is 1. The van der Waals surface area contributed by atoms with E-state index in [4.69, 9.17) is 29.0 Å². The van der Waals surface area contributed by atoms with Crippen molar-refractivity contribution in [3.63, 3.8) is 0 Å². The molecule has 3 nitrogen and oxygen atoms in total. The molecule has 0 unspecified atom stereocenters. The second kappa shape index (κ2) is 5.08. The van der Waals surface area contributed by atoms with Crippen molar-refractivity contribution in [3.05, 3.63) is 33.9 Å². The lowest BCUT2D eigenvalue weighted by molar-refractivity contribution is 0.890. The lowest BCUT2D eigenvalue weighted by atomic mass is 10.1. The molecule has 1 heterocycles. The number of nitrogens with zero attached hydrogens (tertiary/aromatic N) is 1. The van der Waals surface area contributed by atoms with Gasteiger partial charge in [0.25, 0.3) is 0 Å². The summed E-state index contributed by atoms with van der Waals surface area (Å²) in [4.78, 5) is 4.53. The third-order valence-corrected chi connectivity index (χ3v) is 3.06. The van der Waals surface area contributed by atoms with Gasteiger partial charge in [0, 0.05) is 16.1 Å². The number of fused-ring (bicyclic) bond motifs is 1. The molecular formula is C12H13Cl2N3. The topological polar surface area (TPSA) is 50.9 Å². The van der Waals surface area contributed by atoms with Gasteiger partial charge in [-0.3, -0.25) is 10.8 Å². The normalized spacial score (nSPS) is 10.8. The Kier molecular flexibility index (Phi) is 3.72. The highest BCUT2D eigenvalue weighted by Gasteiger charge is 2.09. The number of nitrogen functional groups attached to an aromatic ring is 1. The van der Waals surface area contributed by atoms with E-state index in [1.165, 1.54) is 0 Å². The van der Waals surface area contributed by atoms with Crippen molar-refractivity contribution < 1.29 is 0 Å². The van der Waals surface area contributed by atoms with Crippen LogP contribution in [0.1, 0.15) is 19.0 Å². The number of anilines is 1. The van der Waals surface area contributed by atoms with E-state index < -0.39 is 0 Å². The summed E-state index contributed by atoms with van der Waals surface area (Å²) in [6, 6.07) is 5.40. The second-order valence-corrected chi connectivity index (χ2v) is 4.68. The molecule has 5 heteroatoms. The van der Waals surface area contributed by atoms with E-state index in [0.29, 0.717) is 10.0 Å². The summed E-state index contributed by atoms with van der Waals surface area (Å²) in [6.45, 7) is 2.10. The summed E-state index contributed by atoms with van der Waals surface area (Å²) >= 11 is 12.1. The van der Waals surface area contributed by atoms with Crippen molar-refractivity contribution >= 4 is 39.8 Å². The van der Waals surface area contributed by atoms with Crippen LogP contribution in [0.15, 0.2) is 18.2 Å². The fraction of sp³-hybridized carbons (Fsp3) is 0.250. The Labute approximate surface area is 110 Å². The lowest BCUT2D eigenvalue weighted by Gasteiger charge is -2.10. The van der Waals surface area contributed by atoms with E-state index in [9.17, 15) is 0 Å². The molecule has 90 valence electrons. The molecule has 0 radical (unpaired) electrons. The quantitative estimate of drug-likeness (QED) is 0.659. The third kappa shape index (κ3) is 2.46. The first kappa shape index (κ1) is 12.4. The summed E-state index contributed by atoms with van der Waals surface area (Å²) in [5, 5.41) is 1.93. The molecule has 2 aromatic rings. The van der Waals surface area contributed by atoms with Gasteiger partial charge in [-0.15, -0.1) is 0 Å². The van der Waals surface area contributed by atoms with Gasteiger partial charge in [-0.05, 0) is 24.6 Å². The number of nitrogens with two attached hydrogens (primary N) is 1. The SMILES string of the molecule is CCCc1cc(NN)c2c(Cl)cc(Cl)cc2n1. The molecular weight excluding hydrogens is 257 g/mol. The van der Waals surface area contributed by atoms with Gasteiger partial charge in [0.15, 0.2) is 0 Å².